The van der Waals surface area contributed by atoms with E-state index in [1.807, 2.05) is 12.1 Å². The number of halogens is 1. The predicted molar refractivity (Wildman–Crippen MR) is 97.7 cm³/mol. The Morgan fingerprint density at radius 2 is 2.07 bits per heavy atom. The van der Waals surface area contributed by atoms with Crippen LogP contribution in [0.2, 0.25) is 0 Å². The van der Waals surface area contributed by atoms with Crippen molar-refractivity contribution in [3.8, 4) is 0 Å². The molecule has 2 aromatic heterocycles. The van der Waals surface area contributed by atoms with Gasteiger partial charge in [-0.3, -0.25) is 14.6 Å². The fraction of sp³-hybridized carbons (Fsp3) is 0.250. The molecule has 1 saturated carbocycles. The predicted octanol–water partition coefficient (Wildman–Crippen LogP) is 2.30. The van der Waals surface area contributed by atoms with Gasteiger partial charge in [0.1, 0.15) is 5.82 Å². The summed E-state index contributed by atoms with van der Waals surface area (Å²) in [7, 11) is 0. The number of aliphatic hydroxyl groups excluding tert-OH is 1. The highest BCUT2D eigenvalue weighted by molar-refractivity contribution is 6.06. The number of rotatable bonds is 4. The maximum atomic E-state index is 13.5. The fourth-order valence-electron chi connectivity index (χ4n) is 3.53. The van der Waals surface area contributed by atoms with Gasteiger partial charge in [0.15, 0.2) is 0 Å². The molecule has 1 aromatic carbocycles. The van der Waals surface area contributed by atoms with Crippen molar-refractivity contribution in [3.05, 3.63) is 76.1 Å². The molecule has 7 heteroatoms. The minimum absolute atomic E-state index is 0.0598. The lowest BCUT2D eigenvalue weighted by atomic mass is 9.76. The van der Waals surface area contributed by atoms with E-state index in [2.05, 4.69) is 15.3 Å². The second kappa shape index (κ2) is 6.92. The molecule has 0 radical (unpaired) electrons. The number of H-pyrrole nitrogens is 1. The number of carbonyl (C=O) groups excluding carboxylic acids is 1. The normalized spacial score (nSPS) is 20.1. The number of aromatic nitrogens is 2. The standard InChI is InChI=1S/C20H18FN3O3/c21-12-4-5-14-15(10-18(26)23-17(14)9-12)20(27)24-19(11-7-13(25)8-11)16-3-1-2-6-22-16/h1-6,9-11,13,19,25H,7-8H2,(H,23,26)(H,24,27)/t11?,13?,19-/m1/s1. The molecule has 1 fully saturated rings. The van der Waals surface area contributed by atoms with Crippen LogP contribution in [-0.2, 0) is 0 Å². The van der Waals surface area contributed by atoms with E-state index in [0.29, 0.717) is 23.9 Å². The Morgan fingerprint density at radius 3 is 2.78 bits per heavy atom. The number of nitrogens with zero attached hydrogens (tertiary/aromatic N) is 1. The number of amides is 1. The average Bonchev–Trinajstić information content (AvgIpc) is 2.63. The summed E-state index contributed by atoms with van der Waals surface area (Å²) >= 11 is 0. The van der Waals surface area contributed by atoms with Gasteiger partial charge in [0, 0.05) is 17.6 Å². The number of carbonyl (C=O) groups is 1. The molecule has 1 atom stereocenters. The van der Waals surface area contributed by atoms with Crippen LogP contribution in [0.1, 0.15) is 34.9 Å². The van der Waals surface area contributed by atoms with Crippen LogP contribution in [0.25, 0.3) is 10.9 Å². The number of pyridine rings is 2. The summed E-state index contributed by atoms with van der Waals surface area (Å²) in [6.45, 7) is 0. The lowest BCUT2D eigenvalue weighted by molar-refractivity contribution is 0.0228. The molecule has 1 aliphatic rings. The van der Waals surface area contributed by atoms with Crippen LogP contribution in [0, 0.1) is 11.7 Å². The smallest absolute Gasteiger partial charge is 0.252 e. The number of hydrogen-bond donors (Lipinski definition) is 3. The third-order valence-corrected chi connectivity index (χ3v) is 4.96. The summed E-state index contributed by atoms with van der Waals surface area (Å²) in [6, 6.07) is 10.2. The molecule has 4 rings (SSSR count). The Labute approximate surface area is 154 Å². The first-order valence-electron chi connectivity index (χ1n) is 8.73. The second-order valence-electron chi connectivity index (χ2n) is 6.83. The molecule has 0 saturated heterocycles. The van der Waals surface area contributed by atoms with Gasteiger partial charge in [-0.25, -0.2) is 4.39 Å². The minimum atomic E-state index is -0.495. The fourth-order valence-corrected chi connectivity index (χ4v) is 3.53. The van der Waals surface area contributed by atoms with Crippen LogP contribution in [0.15, 0.2) is 53.5 Å². The number of hydrogen-bond acceptors (Lipinski definition) is 4. The Hall–Kier alpha value is -3.06. The first-order chi connectivity index (χ1) is 13.0. The Kier molecular flexibility index (Phi) is 4.45. The van der Waals surface area contributed by atoms with Crippen LogP contribution in [0.3, 0.4) is 0 Å². The third kappa shape index (κ3) is 3.46. The first kappa shape index (κ1) is 17.4. The van der Waals surface area contributed by atoms with Crippen molar-refractivity contribution in [1.29, 1.82) is 0 Å². The summed E-state index contributed by atoms with van der Waals surface area (Å²) in [5, 5.41) is 13.1. The van der Waals surface area contributed by atoms with E-state index in [0.717, 1.165) is 0 Å². The quantitative estimate of drug-likeness (QED) is 0.659. The first-order valence-corrected chi connectivity index (χ1v) is 8.73. The Balaban J connectivity index is 1.69. The van der Waals surface area contributed by atoms with Gasteiger partial charge in [-0.05, 0) is 49.1 Å². The van der Waals surface area contributed by atoms with Crippen LogP contribution in [0.4, 0.5) is 4.39 Å². The van der Waals surface area contributed by atoms with Gasteiger partial charge >= 0.3 is 0 Å². The van der Waals surface area contributed by atoms with Gasteiger partial charge in [0.25, 0.3) is 5.91 Å². The monoisotopic (exact) mass is 367 g/mol. The van der Waals surface area contributed by atoms with Gasteiger partial charge in [0.2, 0.25) is 5.56 Å². The molecule has 2 heterocycles. The molecule has 3 N–H and O–H groups in total. The molecule has 27 heavy (non-hydrogen) atoms. The van der Waals surface area contributed by atoms with Crippen molar-refractivity contribution in [2.45, 2.75) is 25.0 Å². The van der Waals surface area contributed by atoms with Crippen molar-refractivity contribution in [2.75, 3.05) is 0 Å². The Bertz CT molecular complexity index is 1050. The van der Waals surface area contributed by atoms with E-state index in [1.165, 1.54) is 24.3 Å². The maximum Gasteiger partial charge on any atom is 0.252 e. The lowest BCUT2D eigenvalue weighted by Gasteiger charge is -2.37. The van der Waals surface area contributed by atoms with Gasteiger partial charge in [-0.2, -0.15) is 0 Å². The number of nitrogens with one attached hydrogen (secondary N) is 2. The molecular formula is C20H18FN3O3. The van der Waals surface area contributed by atoms with Crippen LogP contribution >= 0.6 is 0 Å². The highest BCUT2D eigenvalue weighted by atomic mass is 19.1. The van der Waals surface area contributed by atoms with Gasteiger partial charge < -0.3 is 15.4 Å². The molecule has 1 amide bonds. The van der Waals surface area contributed by atoms with E-state index in [9.17, 15) is 19.1 Å². The number of fused-ring (bicyclic) bond motifs is 1. The highest BCUT2D eigenvalue weighted by Gasteiger charge is 2.36. The molecule has 0 unspecified atom stereocenters. The van der Waals surface area contributed by atoms with Crippen molar-refractivity contribution >= 4 is 16.8 Å². The van der Waals surface area contributed by atoms with Gasteiger partial charge in [0.05, 0.1) is 28.9 Å². The van der Waals surface area contributed by atoms with E-state index in [1.54, 1.807) is 12.3 Å². The topological polar surface area (TPSA) is 95.1 Å². The number of aromatic amines is 1. The number of aliphatic hydroxyl groups is 1. The molecule has 0 aliphatic heterocycles. The van der Waals surface area contributed by atoms with Crippen molar-refractivity contribution < 1.29 is 14.3 Å². The zero-order valence-electron chi connectivity index (χ0n) is 14.4. The summed E-state index contributed by atoms with van der Waals surface area (Å²) in [4.78, 5) is 31.7. The van der Waals surface area contributed by atoms with Crippen molar-refractivity contribution in [1.82, 2.24) is 15.3 Å². The molecule has 6 nitrogen and oxygen atoms in total. The molecular weight excluding hydrogens is 349 g/mol. The van der Waals surface area contributed by atoms with E-state index in [4.69, 9.17) is 0 Å². The molecule has 138 valence electrons. The molecule has 0 bridgehead atoms. The van der Waals surface area contributed by atoms with Crippen molar-refractivity contribution in [2.24, 2.45) is 5.92 Å². The number of benzene rings is 1. The maximum absolute atomic E-state index is 13.5. The highest BCUT2D eigenvalue weighted by Crippen LogP contribution is 2.37. The summed E-state index contributed by atoms with van der Waals surface area (Å²) in [6.07, 6.45) is 2.42. The largest absolute Gasteiger partial charge is 0.393 e. The summed E-state index contributed by atoms with van der Waals surface area (Å²) in [5.74, 6) is -0.871. The Morgan fingerprint density at radius 1 is 1.26 bits per heavy atom. The molecule has 1 aliphatic carbocycles. The van der Waals surface area contributed by atoms with Gasteiger partial charge in [-0.1, -0.05) is 6.07 Å². The van der Waals surface area contributed by atoms with E-state index < -0.39 is 17.3 Å². The summed E-state index contributed by atoms with van der Waals surface area (Å²) in [5.41, 5.74) is 0.658. The zero-order valence-corrected chi connectivity index (χ0v) is 14.4. The van der Waals surface area contributed by atoms with E-state index >= 15 is 0 Å². The van der Waals surface area contributed by atoms with Gasteiger partial charge in [-0.15, -0.1) is 0 Å². The third-order valence-electron chi connectivity index (χ3n) is 4.96. The zero-order chi connectivity index (χ0) is 19.0. The molecule has 0 spiro atoms. The molecule has 3 aromatic rings. The summed E-state index contributed by atoms with van der Waals surface area (Å²) < 4.78 is 13.5. The lowest BCUT2D eigenvalue weighted by Crippen LogP contribution is -2.42. The van der Waals surface area contributed by atoms with Crippen LogP contribution in [0.5, 0.6) is 0 Å². The van der Waals surface area contributed by atoms with E-state index in [-0.39, 0.29) is 29.1 Å². The average molecular weight is 367 g/mol. The second-order valence-corrected chi connectivity index (χ2v) is 6.83. The van der Waals surface area contributed by atoms with Crippen molar-refractivity contribution in [3.63, 3.8) is 0 Å². The van der Waals surface area contributed by atoms with Crippen LogP contribution in [-0.4, -0.2) is 27.1 Å². The van der Waals surface area contributed by atoms with Crippen LogP contribution < -0.4 is 10.9 Å². The minimum Gasteiger partial charge on any atom is -0.393 e. The SMILES string of the molecule is O=C(N[C@@H](c1ccccn1)C1CC(O)C1)c1cc(=O)[nH]c2cc(F)ccc12.